The van der Waals surface area contributed by atoms with E-state index in [2.05, 4.69) is 38.2 Å². The van der Waals surface area contributed by atoms with E-state index in [9.17, 15) is 0 Å². The average Bonchev–Trinajstić information content (AvgIpc) is 2.19. The smallest absolute Gasteiger partial charge is 0.132 e. The summed E-state index contributed by atoms with van der Waals surface area (Å²) in [5.41, 5.74) is 2.84. The Bertz CT molecular complexity index is 294. The molecule has 1 nitrogen and oxygen atoms in total. The summed E-state index contributed by atoms with van der Waals surface area (Å²) < 4.78 is 1.14. The van der Waals surface area contributed by atoms with Crippen molar-refractivity contribution < 1.29 is 0 Å². The topological polar surface area (TPSA) is 0 Å². The molecule has 1 heteroatoms. The van der Waals surface area contributed by atoms with Crippen LogP contribution in [0.2, 0.25) is 0 Å². The molecule has 0 saturated carbocycles. The predicted octanol–water partition coefficient (Wildman–Crippen LogP) is 3.12. The van der Waals surface area contributed by atoms with Crippen LogP contribution in [0.15, 0.2) is 24.3 Å². The van der Waals surface area contributed by atoms with Crippen LogP contribution < -0.4 is 4.48 Å². The maximum atomic E-state index is 2.36. The fourth-order valence-electron chi connectivity index (χ4n) is 2.37. The molecule has 1 heterocycles. The predicted molar refractivity (Wildman–Crippen MR) is 62.5 cm³/mol. The molecule has 1 aliphatic heterocycles. The van der Waals surface area contributed by atoms with Gasteiger partial charge in [0.2, 0.25) is 0 Å². The van der Waals surface area contributed by atoms with Gasteiger partial charge in [0, 0.05) is 0 Å². The zero-order valence-corrected chi connectivity index (χ0v) is 9.29. The average molecular weight is 190 g/mol. The van der Waals surface area contributed by atoms with E-state index < -0.39 is 0 Å². The van der Waals surface area contributed by atoms with Crippen molar-refractivity contribution in [3.63, 3.8) is 0 Å². The van der Waals surface area contributed by atoms with Crippen molar-refractivity contribution in [3.05, 3.63) is 29.8 Å². The van der Waals surface area contributed by atoms with Crippen LogP contribution in [0.3, 0.4) is 0 Å². The molecule has 0 N–H and O–H groups in total. The molecule has 1 aromatic carbocycles. The first-order valence-electron chi connectivity index (χ1n) is 5.62. The van der Waals surface area contributed by atoms with Crippen LogP contribution in [0.1, 0.15) is 24.8 Å². The van der Waals surface area contributed by atoms with Crippen LogP contribution in [0.5, 0.6) is 0 Å². The Morgan fingerprint density at radius 2 is 1.50 bits per heavy atom. The number of rotatable bonds is 1. The van der Waals surface area contributed by atoms with Crippen LogP contribution in [-0.4, -0.2) is 20.1 Å². The van der Waals surface area contributed by atoms with Crippen LogP contribution >= 0.6 is 0 Å². The lowest BCUT2D eigenvalue weighted by molar-refractivity contribution is 0.274. The number of nitrogens with zero attached hydrogens (tertiary/aromatic N) is 1. The third-order valence-electron chi connectivity index (χ3n) is 3.46. The maximum absolute atomic E-state index is 2.36. The van der Waals surface area contributed by atoms with Gasteiger partial charge < -0.3 is 0 Å². The second-order valence-electron chi connectivity index (χ2n) is 4.74. The third kappa shape index (κ3) is 1.83. The van der Waals surface area contributed by atoms with Crippen molar-refractivity contribution in [3.8, 4) is 0 Å². The van der Waals surface area contributed by atoms with Gasteiger partial charge in [-0.25, -0.2) is 0 Å². The first-order valence-corrected chi connectivity index (χ1v) is 5.62. The zero-order chi connectivity index (χ0) is 10.0. The SMILES string of the molecule is Cc1ccc([N+]2(C)CCCCC2)cc1. The van der Waals surface area contributed by atoms with Gasteiger partial charge in [-0.15, -0.1) is 0 Å². The quantitative estimate of drug-likeness (QED) is 0.597. The molecule has 1 aromatic rings. The van der Waals surface area contributed by atoms with Crippen LogP contribution in [0, 0.1) is 6.92 Å². The maximum Gasteiger partial charge on any atom is 0.132 e. The van der Waals surface area contributed by atoms with Gasteiger partial charge in [0.15, 0.2) is 0 Å². The molecule has 0 bridgehead atoms. The highest BCUT2D eigenvalue weighted by Gasteiger charge is 2.26. The van der Waals surface area contributed by atoms with Crippen molar-refractivity contribution in [1.29, 1.82) is 0 Å². The Kier molecular flexibility index (Phi) is 2.60. The molecule has 0 aliphatic carbocycles. The van der Waals surface area contributed by atoms with Gasteiger partial charge in [-0.2, -0.15) is 0 Å². The zero-order valence-electron chi connectivity index (χ0n) is 9.29. The van der Waals surface area contributed by atoms with Gasteiger partial charge in [0.1, 0.15) is 5.69 Å². The van der Waals surface area contributed by atoms with Gasteiger partial charge in [-0.1, -0.05) is 17.7 Å². The Labute approximate surface area is 86.9 Å². The summed E-state index contributed by atoms with van der Waals surface area (Å²) in [5, 5.41) is 0. The highest BCUT2D eigenvalue weighted by molar-refractivity contribution is 5.43. The van der Waals surface area contributed by atoms with Gasteiger partial charge in [-0.05, 0) is 38.3 Å². The minimum Gasteiger partial charge on any atom is -0.294 e. The number of hydrogen-bond acceptors (Lipinski definition) is 0. The molecule has 0 aromatic heterocycles. The van der Waals surface area contributed by atoms with E-state index in [1.165, 1.54) is 43.6 Å². The first kappa shape index (κ1) is 9.72. The molecule has 0 amide bonds. The van der Waals surface area contributed by atoms with Crippen molar-refractivity contribution in [2.45, 2.75) is 26.2 Å². The van der Waals surface area contributed by atoms with Crippen LogP contribution in [0.4, 0.5) is 5.69 Å². The van der Waals surface area contributed by atoms with Crippen LogP contribution in [0.25, 0.3) is 0 Å². The number of quaternary nitrogens is 1. The number of aryl methyl sites for hydroxylation is 1. The Morgan fingerprint density at radius 1 is 0.929 bits per heavy atom. The van der Waals surface area contributed by atoms with Gasteiger partial charge in [0.05, 0.1) is 20.1 Å². The lowest BCUT2D eigenvalue weighted by Gasteiger charge is -2.37. The number of benzene rings is 1. The summed E-state index contributed by atoms with van der Waals surface area (Å²) in [6.07, 6.45) is 4.18. The largest absolute Gasteiger partial charge is 0.294 e. The Morgan fingerprint density at radius 3 is 2.07 bits per heavy atom. The third-order valence-corrected chi connectivity index (χ3v) is 3.46. The van der Waals surface area contributed by atoms with Crippen molar-refractivity contribution in [2.75, 3.05) is 20.1 Å². The molecule has 0 spiro atoms. The lowest BCUT2D eigenvalue weighted by atomic mass is 10.1. The second-order valence-corrected chi connectivity index (χ2v) is 4.74. The summed E-state index contributed by atoms with van der Waals surface area (Å²) in [6.45, 7) is 4.77. The highest BCUT2D eigenvalue weighted by atomic mass is 15.3. The normalized spacial score (nSPS) is 20.7. The molecule has 0 atom stereocenters. The first-order chi connectivity index (χ1) is 6.71. The molecule has 76 valence electrons. The van der Waals surface area contributed by atoms with E-state index in [4.69, 9.17) is 0 Å². The van der Waals surface area contributed by atoms with Gasteiger partial charge in [-0.3, -0.25) is 4.48 Å². The van der Waals surface area contributed by atoms with E-state index in [0.29, 0.717) is 0 Å². The molecule has 14 heavy (non-hydrogen) atoms. The van der Waals surface area contributed by atoms with E-state index in [-0.39, 0.29) is 0 Å². The van der Waals surface area contributed by atoms with E-state index >= 15 is 0 Å². The fraction of sp³-hybridized carbons (Fsp3) is 0.538. The van der Waals surface area contributed by atoms with Crippen LogP contribution in [-0.2, 0) is 0 Å². The van der Waals surface area contributed by atoms with Crippen molar-refractivity contribution >= 4 is 5.69 Å². The number of hydrogen-bond donors (Lipinski definition) is 0. The van der Waals surface area contributed by atoms with Gasteiger partial charge >= 0.3 is 0 Å². The fourth-order valence-corrected chi connectivity index (χ4v) is 2.37. The van der Waals surface area contributed by atoms with E-state index in [1.807, 2.05) is 0 Å². The molecule has 0 unspecified atom stereocenters. The molecule has 1 fully saturated rings. The van der Waals surface area contributed by atoms with Crippen molar-refractivity contribution in [2.24, 2.45) is 0 Å². The highest BCUT2D eigenvalue weighted by Crippen LogP contribution is 2.26. The molecular weight excluding hydrogens is 170 g/mol. The Balaban J connectivity index is 2.23. The lowest BCUT2D eigenvalue weighted by Crippen LogP contribution is -2.48. The van der Waals surface area contributed by atoms with Crippen molar-refractivity contribution in [1.82, 2.24) is 4.48 Å². The minimum atomic E-state index is 1.14. The molecular formula is C13H20N+. The molecule has 2 rings (SSSR count). The molecule has 1 saturated heterocycles. The standard InChI is InChI=1S/C13H20N/c1-12-6-8-13(9-7-12)14(2)10-4-3-5-11-14/h6-9H,3-5,10-11H2,1-2H3/q+1. The van der Waals surface area contributed by atoms with E-state index in [0.717, 1.165) is 4.48 Å². The summed E-state index contributed by atoms with van der Waals surface area (Å²) >= 11 is 0. The van der Waals surface area contributed by atoms with Gasteiger partial charge in [0.25, 0.3) is 0 Å². The Hall–Kier alpha value is -0.820. The molecule has 0 radical (unpaired) electrons. The summed E-state index contributed by atoms with van der Waals surface area (Å²) in [4.78, 5) is 0. The number of piperidine rings is 1. The van der Waals surface area contributed by atoms with E-state index in [1.54, 1.807) is 0 Å². The summed E-state index contributed by atoms with van der Waals surface area (Å²) in [6, 6.07) is 9.04. The minimum absolute atomic E-state index is 1.14. The second kappa shape index (κ2) is 3.74. The molecule has 1 aliphatic rings. The monoisotopic (exact) mass is 190 g/mol. The number of likely N-dealkylation sites (tertiary alicyclic amines) is 1. The summed E-state index contributed by atoms with van der Waals surface area (Å²) in [7, 11) is 2.36. The summed E-state index contributed by atoms with van der Waals surface area (Å²) in [5.74, 6) is 0.